The van der Waals surface area contributed by atoms with Crippen molar-refractivity contribution in [2.24, 2.45) is 5.92 Å². The van der Waals surface area contributed by atoms with Gasteiger partial charge in [-0.1, -0.05) is 6.92 Å². The van der Waals surface area contributed by atoms with E-state index < -0.39 is 0 Å². The van der Waals surface area contributed by atoms with E-state index in [1.807, 2.05) is 6.92 Å². The van der Waals surface area contributed by atoms with Crippen molar-refractivity contribution in [1.29, 1.82) is 0 Å². The molecule has 0 radical (unpaired) electrons. The van der Waals surface area contributed by atoms with Crippen molar-refractivity contribution in [3.8, 4) is 0 Å². The Kier molecular flexibility index (Phi) is 3.68. The molecule has 0 N–H and O–H groups in total. The fourth-order valence-electron chi connectivity index (χ4n) is 1.25. The quantitative estimate of drug-likeness (QED) is 0.661. The molecule has 72 valence electrons. The number of carbonyl (C=O) groups excluding carboxylic acids is 2. The highest BCUT2D eigenvalue weighted by Gasteiger charge is 2.19. The van der Waals surface area contributed by atoms with Gasteiger partial charge in [0.1, 0.15) is 12.4 Å². The van der Waals surface area contributed by atoms with Crippen molar-refractivity contribution in [1.82, 2.24) is 0 Å². The van der Waals surface area contributed by atoms with E-state index in [1.165, 1.54) is 0 Å². The molecule has 1 unspecified atom stereocenters. The first-order chi connectivity index (χ1) is 6.24. The number of allylic oxidation sites excluding steroid dienone is 1. The first kappa shape index (κ1) is 9.96. The normalized spacial score (nSPS) is 21.3. The zero-order chi connectivity index (χ0) is 9.68. The standard InChI is InChI=1S/C10H14O3/c1-2-9(11)4-3-8-5-6-13-7-10(8)12/h5-6,8H,2-4,7H2,1H3. The molecule has 1 heterocycles. The number of ether oxygens (including phenoxy) is 1. The molecule has 0 fully saturated rings. The lowest BCUT2D eigenvalue weighted by atomic mass is 9.96. The van der Waals surface area contributed by atoms with Crippen LogP contribution in [0.15, 0.2) is 12.3 Å². The number of rotatable bonds is 4. The van der Waals surface area contributed by atoms with Gasteiger partial charge in [-0.2, -0.15) is 0 Å². The summed E-state index contributed by atoms with van der Waals surface area (Å²) in [6, 6.07) is 0. The van der Waals surface area contributed by atoms with E-state index in [4.69, 9.17) is 4.74 Å². The van der Waals surface area contributed by atoms with Crippen molar-refractivity contribution < 1.29 is 14.3 Å². The fourth-order valence-corrected chi connectivity index (χ4v) is 1.25. The van der Waals surface area contributed by atoms with E-state index in [-0.39, 0.29) is 24.1 Å². The summed E-state index contributed by atoms with van der Waals surface area (Å²) in [6.07, 6.45) is 4.96. The van der Waals surface area contributed by atoms with Crippen LogP contribution in [-0.4, -0.2) is 18.2 Å². The molecule has 0 spiro atoms. The zero-order valence-corrected chi connectivity index (χ0v) is 7.79. The maximum atomic E-state index is 11.2. The molecule has 0 aromatic rings. The molecule has 0 aromatic carbocycles. The van der Waals surface area contributed by atoms with Crippen molar-refractivity contribution in [3.63, 3.8) is 0 Å². The Balaban J connectivity index is 2.35. The van der Waals surface area contributed by atoms with Gasteiger partial charge in [0.2, 0.25) is 0 Å². The van der Waals surface area contributed by atoms with Crippen LogP contribution in [0, 0.1) is 5.92 Å². The van der Waals surface area contributed by atoms with Gasteiger partial charge in [0.05, 0.1) is 6.26 Å². The third-order valence-electron chi connectivity index (χ3n) is 2.17. The summed E-state index contributed by atoms with van der Waals surface area (Å²) in [6.45, 7) is 1.99. The van der Waals surface area contributed by atoms with Crippen LogP contribution in [0.5, 0.6) is 0 Å². The number of carbonyl (C=O) groups is 2. The number of hydrogen-bond donors (Lipinski definition) is 0. The average Bonchev–Trinajstić information content (AvgIpc) is 2.16. The lowest BCUT2D eigenvalue weighted by Gasteiger charge is -2.14. The number of ketones is 2. The van der Waals surface area contributed by atoms with Crippen molar-refractivity contribution >= 4 is 11.6 Å². The molecule has 13 heavy (non-hydrogen) atoms. The summed E-state index contributed by atoms with van der Waals surface area (Å²) in [5.74, 6) is 0.184. The van der Waals surface area contributed by atoms with Crippen LogP contribution in [0.3, 0.4) is 0 Å². The fraction of sp³-hybridized carbons (Fsp3) is 0.600. The Labute approximate surface area is 77.8 Å². The van der Waals surface area contributed by atoms with Gasteiger partial charge in [-0.3, -0.25) is 9.59 Å². The zero-order valence-electron chi connectivity index (χ0n) is 7.79. The summed E-state index contributed by atoms with van der Waals surface area (Å²) in [7, 11) is 0. The Morgan fingerprint density at radius 3 is 3.08 bits per heavy atom. The van der Waals surface area contributed by atoms with E-state index in [2.05, 4.69) is 0 Å². The molecular formula is C10H14O3. The molecule has 0 aromatic heterocycles. The van der Waals surface area contributed by atoms with Gasteiger partial charge < -0.3 is 4.74 Å². The molecule has 1 rings (SSSR count). The summed E-state index contributed by atoms with van der Waals surface area (Å²) < 4.78 is 4.83. The highest BCUT2D eigenvalue weighted by molar-refractivity contribution is 5.85. The van der Waals surface area contributed by atoms with Crippen molar-refractivity contribution in [2.45, 2.75) is 26.2 Å². The van der Waals surface area contributed by atoms with Crippen molar-refractivity contribution in [3.05, 3.63) is 12.3 Å². The molecule has 0 saturated heterocycles. The van der Waals surface area contributed by atoms with E-state index in [0.717, 1.165) is 0 Å². The first-order valence-electron chi connectivity index (χ1n) is 4.56. The smallest absolute Gasteiger partial charge is 0.177 e. The SMILES string of the molecule is CCC(=O)CCC1C=COCC1=O. The Hall–Kier alpha value is -1.12. The second-order valence-electron chi connectivity index (χ2n) is 3.14. The van der Waals surface area contributed by atoms with Gasteiger partial charge in [0.15, 0.2) is 5.78 Å². The molecule has 3 heteroatoms. The second kappa shape index (κ2) is 4.80. The summed E-state index contributed by atoms with van der Waals surface area (Å²) >= 11 is 0. The Morgan fingerprint density at radius 1 is 1.69 bits per heavy atom. The van der Waals surface area contributed by atoms with E-state index >= 15 is 0 Å². The topological polar surface area (TPSA) is 43.4 Å². The first-order valence-corrected chi connectivity index (χ1v) is 4.56. The number of hydrogen-bond acceptors (Lipinski definition) is 3. The average molecular weight is 182 g/mol. The lowest BCUT2D eigenvalue weighted by Crippen LogP contribution is -2.21. The minimum absolute atomic E-state index is 0.0754. The lowest BCUT2D eigenvalue weighted by molar-refractivity contribution is -0.126. The molecule has 0 aliphatic carbocycles. The van der Waals surface area contributed by atoms with E-state index in [0.29, 0.717) is 19.3 Å². The highest BCUT2D eigenvalue weighted by Crippen LogP contribution is 2.14. The largest absolute Gasteiger partial charge is 0.494 e. The molecule has 0 saturated carbocycles. The third-order valence-corrected chi connectivity index (χ3v) is 2.17. The summed E-state index contributed by atoms with van der Waals surface area (Å²) in [5, 5.41) is 0. The Morgan fingerprint density at radius 2 is 2.46 bits per heavy atom. The predicted octanol–water partition coefficient (Wildman–Crippen LogP) is 1.47. The Bertz CT molecular complexity index is 230. The van der Waals surface area contributed by atoms with Gasteiger partial charge in [0, 0.05) is 18.8 Å². The maximum Gasteiger partial charge on any atom is 0.177 e. The van der Waals surface area contributed by atoms with Crippen LogP contribution in [0.1, 0.15) is 26.2 Å². The van der Waals surface area contributed by atoms with Crippen LogP contribution in [0.25, 0.3) is 0 Å². The molecule has 1 aliphatic rings. The molecule has 0 amide bonds. The second-order valence-corrected chi connectivity index (χ2v) is 3.14. The van der Waals surface area contributed by atoms with Gasteiger partial charge in [-0.15, -0.1) is 0 Å². The highest BCUT2D eigenvalue weighted by atomic mass is 16.5. The third kappa shape index (κ3) is 3.01. The van der Waals surface area contributed by atoms with Crippen LogP contribution < -0.4 is 0 Å². The number of Topliss-reactive ketones (excluding diaryl/α,β-unsaturated/α-hetero) is 2. The van der Waals surface area contributed by atoms with Gasteiger partial charge in [0.25, 0.3) is 0 Å². The molecule has 1 atom stereocenters. The minimum atomic E-state index is -0.107. The van der Waals surface area contributed by atoms with Crippen LogP contribution >= 0.6 is 0 Å². The molecule has 0 bridgehead atoms. The summed E-state index contributed by atoms with van der Waals surface area (Å²) in [4.78, 5) is 22.2. The van der Waals surface area contributed by atoms with E-state index in [1.54, 1.807) is 12.3 Å². The van der Waals surface area contributed by atoms with Crippen molar-refractivity contribution in [2.75, 3.05) is 6.61 Å². The van der Waals surface area contributed by atoms with Crippen LogP contribution in [-0.2, 0) is 14.3 Å². The maximum absolute atomic E-state index is 11.2. The van der Waals surface area contributed by atoms with Gasteiger partial charge in [-0.05, 0) is 12.5 Å². The monoisotopic (exact) mass is 182 g/mol. The molecule has 3 nitrogen and oxygen atoms in total. The minimum Gasteiger partial charge on any atom is -0.494 e. The van der Waals surface area contributed by atoms with Gasteiger partial charge in [-0.25, -0.2) is 0 Å². The predicted molar refractivity (Wildman–Crippen MR) is 48.1 cm³/mol. The molecule has 1 aliphatic heterocycles. The summed E-state index contributed by atoms with van der Waals surface area (Å²) in [5.41, 5.74) is 0. The molecular weight excluding hydrogens is 168 g/mol. The van der Waals surface area contributed by atoms with Crippen LogP contribution in [0.2, 0.25) is 0 Å². The van der Waals surface area contributed by atoms with Crippen LogP contribution in [0.4, 0.5) is 0 Å². The van der Waals surface area contributed by atoms with Gasteiger partial charge >= 0.3 is 0 Å². The van der Waals surface area contributed by atoms with E-state index in [9.17, 15) is 9.59 Å².